The average molecular weight is 282 g/mol. The van der Waals surface area contributed by atoms with Crippen LogP contribution in [0.4, 0.5) is 0 Å². The first kappa shape index (κ1) is 12.7. The summed E-state index contributed by atoms with van der Waals surface area (Å²) in [5.41, 5.74) is 5.18. The number of hydrogen-bond donors (Lipinski definition) is 0. The molecule has 2 heterocycles. The zero-order valence-electron chi connectivity index (χ0n) is 12.0. The van der Waals surface area contributed by atoms with Gasteiger partial charge < -0.3 is 0 Å². The highest BCUT2D eigenvalue weighted by molar-refractivity contribution is 5.94. The smallest absolute Gasteiger partial charge is 0.160 e. The minimum absolute atomic E-state index is 0.780. The van der Waals surface area contributed by atoms with Crippen molar-refractivity contribution in [1.82, 2.24) is 9.97 Å². The standard InChI is InChI=1S/C20H14N2/c1-3-8-15(9-4-1)18-14-19(16-10-5-2-6-11-16)22-20-17(18)12-7-13-21-20/h1-14H. The highest BCUT2D eigenvalue weighted by Gasteiger charge is 2.09. The van der Waals surface area contributed by atoms with Crippen molar-refractivity contribution in [2.24, 2.45) is 0 Å². The Bertz CT molecular complexity index is 916. The lowest BCUT2D eigenvalue weighted by atomic mass is 10.00. The molecule has 104 valence electrons. The molecule has 0 aliphatic rings. The Morgan fingerprint density at radius 2 is 1.32 bits per heavy atom. The van der Waals surface area contributed by atoms with Crippen molar-refractivity contribution < 1.29 is 0 Å². The molecule has 0 aliphatic heterocycles. The predicted molar refractivity (Wildman–Crippen MR) is 90.4 cm³/mol. The van der Waals surface area contributed by atoms with Crippen LogP contribution in [0.5, 0.6) is 0 Å². The van der Waals surface area contributed by atoms with E-state index in [0.717, 1.165) is 27.9 Å². The average Bonchev–Trinajstić information content (AvgIpc) is 2.62. The quantitative estimate of drug-likeness (QED) is 0.519. The molecule has 0 saturated carbocycles. The van der Waals surface area contributed by atoms with Gasteiger partial charge in [-0.1, -0.05) is 60.7 Å². The Balaban J connectivity index is 2.02. The molecule has 2 aromatic carbocycles. The van der Waals surface area contributed by atoms with Crippen molar-refractivity contribution >= 4 is 11.0 Å². The normalized spacial score (nSPS) is 10.7. The van der Waals surface area contributed by atoms with Crippen LogP contribution in [-0.2, 0) is 0 Å². The SMILES string of the molecule is c1ccc(-c2cc(-c3ccccc3)c3cccnc3n2)cc1. The van der Waals surface area contributed by atoms with Gasteiger partial charge in [0.2, 0.25) is 0 Å². The van der Waals surface area contributed by atoms with E-state index < -0.39 is 0 Å². The topological polar surface area (TPSA) is 25.8 Å². The highest BCUT2D eigenvalue weighted by Crippen LogP contribution is 2.30. The van der Waals surface area contributed by atoms with Crippen molar-refractivity contribution in [3.05, 3.63) is 85.1 Å². The minimum Gasteiger partial charge on any atom is -0.237 e. The maximum atomic E-state index is 4.72. The van der Waals surface area contributed by atoms with Crippen LogP contribution in [0.15, 0.2) is 85.1 Å². The van der Waals surface area contributed by atoms with Crippen molar-refractivity contribution in [1.29, 1.82) is 0 Å². The van der Waals surface area contributed by atoms with Crippen molar-refractivity contribution in [2.75, 3.05) is 0 Å². The molecule has 4 rings (SSSR count). The van der Waals surface area contributed by atoms with Gasteiger partial charge in [-0.2, -0.15) is 0 Å². The molecule has 0 aliphatic carbocycles. The van der Waals surface area contributed by atoms with E-state index in [1.165, 1.54) is 5.56 Å². The molecule has 0 atom stereocenters. The summed E-state index contributed by atoms with van der Waals surface area (Å²) in [5, 5.41) is 1.08. The van der Waals surface area contributed by atoms with Crippen LogP contribution in [0.3, 0.4) is 0 Å². The Labute approximate surface area is 129 Å². The Kier molecular flexibility index (Phi) is 3.13. The predicted octanol–water partition coefficient (Wildman–Crippen LogP) is 4.96. The van der Waals surface area contributed by atoms with E-state index in [4.69, 9.17) is 4.98 Å². The Morgan fingerprint density at radius 1 is 0.636 bits per heavy atom. The monoisotopic (exact) mass is 282 g/mol. The second-order valence-electron chi connectivity index (χ2n) is 5.16. The van der Waals surface area contributed by atoms with Gasteiger partial charge in [0.1, 0.15) is 0 Å². The third-order valence-electron chi connectivity index (χ3n) is 3.74. The zero-order valence-corrected chi connectivity index (χ0v) is 12.0. The highest BCUT2D eigenvalue weighted by atomic mass is 14.8. The van der Waals surface area contributed by atoms with Crippen molar-refractivity contribution in [3.63, 3.8) is 0 Å². The van der Waals surface area contributed by atoms with Gasteiger partial charge in [-0.3, -0.25) is 0 Å². The van der Waals surface area contributed by atoms with E-state index >= 15 is 0 Å². The number of fused-ring (bicyclic) bond motifs is 1. The number of aromatic nitrogens is 2. The van der Waals surface area contributed by atoms with Gasteiger partial charge in [-0.25, -0.2) is 9.97 Å². The molecule has 2 nitrogen and oxygen atoms in total. The van der Waals surface area contributed by atoms with Gasteiger partial charge in [-0.05, 0) is 29.3 Å². The fourth-order valence-corrected chi connectivity index (χ4v) is 2.67. The van der Waals surface area contributed by atoms with Gasteiger partial charge >= 0.3 is 0 Å². The number of pyridine rings is 2. The second-order valence-corrected chi connectivity index (χ2v) is 5.16. The third-order valence-corrected chi connectivity index (χ3v) is 3.74. The van der Waals surface area contributed by atoms with Crippen molar-refractivity contribution in [2.45, 2.75) is 0 Å². The lowest BCUT2D eigenvalue weighted by Crippen LogP contribution is -1.91. The van der Waals surface area contributed by atoms with Gasteiger partial charge in [0.25, 0.3) is 0 Å². The number of hydrogen-bond acceptors (Lipinski definition) is 2. The fourth-order valence-electron chi connectivity index (χ4n) is 2.67. The molecular weight excluding hydrogens is 268 g/mol. The summed E-state index contributed by atoms with van der Waals surface area (Å²) < 4.78 is 0. The first-order valence-electron chi connectivity index (χ1n) is 7.28. The van der Waals surface area contributed by atoms with E-state index in [0.29, 0.717) is 0 Å². The molecule has 0 radical (unpaired) electrons. The lowest BCUT2D eigenvalue weighted by molar-refractivity contribution is 1.29. The summed E-state index contributed by atoms with van der Waals surface area (Å²) in [6.45, 7) is 0. The van der Waals surface area contributed by atoms with Crippen LogP contribution in [-0.4, -0.2) is 9.97 Å². The fraction of sp³-hybridized carbons (Fsp3) is 0. The molecule has 0 N–H and O–H groups in total. The minimum atomic E-state index is 0.780. The number of rotatable bonds is 2. The van der Waals surface area contributed by atoms with Crippen LogP contribution in [0.25, 0.3) is 33.4 Å². The van der Waals surface area contributed by atoms with Crippen molar-refractivity contribution in [3.8, 4) is 22.4 Å². The molecule has 0 bridgehead atoms. The van der Waals surface area contributed by atoms with Crippen LogP contribution in [0.2, 0.25) is 0 Å². The molecular formula is C20H14N2. The van der Waals surface area contributed by atoms with Crippen LogP contribution >= 0.6 is 0 Å². The number of benzene rings is 2. The summed E-state index contributed by atoms with van der Waals surface area (Å²) >= 11 is 0. The van der Waals surface area contributed by atoms with Gasteiger partial charge in [0.05, 0.1) is 5.69 Å². The summed E-state index contributed by atoms with van der Waals surface area (Å²) in [6, 6.07) is 26.8. The van der Waals surface area contributed by atoms with Crippen LogP contribution < -0.4 is 0 Å². The maximum absolute atomic E-state index is 4.72. The van der Waals surface area contributed by atoms with Gasteiger partial charge in [-0.15, -0.1) is 0 Å². The molecule has 2 aromatic heterocycles. The van der Waals surface area contributed by atoms with E-state index in [9.17, 15) is 0 Å². The van der Waals surface area contributed by atoms with E-state index in [1.54, 1.807) is 6.20 Å². The molecule has 2 heteroatoms. The molecule has 0 fully saturated rings. The molecule has 22 heavy (non-hydrogen) atoms. The first-order chi connectivity index (χ1) is 10.9. The lowest BCUT2D eigenvalue weighted by Gasteiger charge is -2.09. The van der Waals surface area contributed by atoms with Gasteiger partial charge in [0, 0.05) is 17.1 Å². The number of nitrogens with zero attached hydrogens (tertiary/aromatic N) is 2. The van der Waals surface area contributed by atoms with E-state index in [-0.39, 0.29) is 0 Å². The molecule has 0 saturated heterocycles. The Hall–Kier alpha value is -3.00. The van der Waals surface area contributed by atoms with E-state index in [2.05, 4.69) is 53.5 Å². The van der Waals surface area contributed by atoms with Gasteiger partial charge in [0.15, 0.2) is 5.65 Å². The first-order valence-corrected chi connectivity index (χ1v) is 7.28. The summed E-state index contributed by atoms with van der Waals surface area (Å²) in [4.78, 5) is 9.16. The summed E-state index contributed by atoms with van der Waals surface area (Å²) in [6.07, 6.45) is 1.79. The van der Waals surface area contributed by atoms with E-state index in [1.807, 2.05) is 30.3 Å². The largest absolute Gasteiger partial charge is 0.237 e. The summed E-state index contributed by atoms with van der Waals surface area (Å²) in [5.74, 6) is 0. The second kappa shape index (κ2) is 5.41. The third kappa shape index (κ3) is 2.25. The van der Waals surface area contributed by atoms with Crippen LogP contribution in [0, 0.1) is 0 Å². The van der Waals surface area contributed by atoms with Crippen LogP contribution in [0.1, 0.15) is 0 Å². The molecule has 0 unspecified atom stereocenters. The zero-order chi connectivity index (χ0) is 14.8. The molecule has 0 amide bonds. The Morgan fingerprint density at radius 3 is 2.05 bits per heavy atom. The molecule has 4 aromatic rings. The summed E-state index contributed by atoms with van der Waals surface area (Å²) in [7, 11) is 0. The molecule has 0 spiro atoms. The maximum Gasteiger partial charge on any atom is 0.160 e.